The van der Waals surface area contributed by atoms with Crippen molar-refractivity contribution in [1.29, 1.82) is 0 Å². The molecule has 59 heavy (non-hydrogen) atoms. The van der Waals surface area contributed by atoms with Gasteiger partial charge in [-0.2, -0.15) is 0 Å². The summed E-state index contributed by atoms with van der Waals surface area (Å²) >= 11 is 0. The van der Waals surface area contributed by atoms with Gasteiger partial charge in [-0.15, -0.1) is 0 Å². The third-order valence-electron chi connectivity index (χ3n) is 11.1. The third kappa shape index (κ3) is 21.2. The van der Waals surface area contributed by atoms with Gasteiger partial charge in [-0.05, 0) is 44.9 Å². The fraction of sp³-hybridized carbons (Fsp3) is 0.844. The molecule has 2 saturated heterocycles. The summed E-state index contributed by atoms with van der Waals surface area (Å²) in [5, 5.41) is 86.4. The highest BCUT2D eigenvalue weighted by molar-refractivity contribution is 5.76. The van der Waals surface area contributed by atoms with Gasteiger partial charge in [-0.3, -0.25) is 4.79 Å². The quantitative estimate of drug-likeness (QED) is 0.0331. The van der Waals surface area contributed by atoms with Crippen LogP contribution < -0.4 is 5.32 Å². The van der Waals surface area contributed by atoms with Crippen LogP contribution in [0.2, 0.25) is 0 Å². The minimum absolute atomic E-state index is 0.258. The zero-order valence-electron chi connectivity index (χ0n) is 36.0. The Hall–Kier alpha value is -1.79. The molecule has 0 aliphatic carbocycles. The van der Waals surface area contributed by atoms with Crippen molar-refractivity contribution in [3.8, 4) is 0 Å². The van der Waals surface area contributed by atoms with E-state index in [9.17, 15) is 45.6 Å². The van der Waals surface area contributed by atoms with Gasteiger partial charge in [-0.1, -0.05) is 134 Å². The molecule has 12 atom stereocenters. The molecule has 14 nitrogen and oxygen atoms in total. The Morgan fingerprint density at radius 1 is 0.610 bits per heavy atom. The van der Waals surface area contributed by atoms with E-state index in [4.69, 9.17) is 18.9 Å². The van der Waals surface area contributed by atoms with E-state index in [-0.39, 0.29) is 18.9 Å². The first kappa shape index (κ1) is 53.3. The molecule has 344 valence electrons. The molecule has 14 heteroatoms. The third-order valence-corrected chi connectivity index (χ3v) is 11.1. The Morgan fingerprint density at radius 2 is 1.14 bits per heavy atom. The standard InChI is InChI=1S/C45H81NO13/c1-3-5-7-9-11-13-15-16-17-19-21-23-25-27-29-37(50)46-33(34(49)28-26-24-22-20-18-14-12-10-8-6-4-2)32-56-44-42(55)40(53)43(36(31-48)58-44)59-45-41(54)39(52)38(51)35(30-47)57-45/h9,11,15-16,26,28,33-36,38-45,47-49,51-55H,3-8,10,12-14,17-25,27,29-32H2,1-2H3,(H,46,50)/b11-9-,16-15-,28-26+. The average Bonchev–Trinajstić information content (AvgIpc) is 3.23. The van der Waals surface area contributed by atoms with Crippen LogP contribution in [-0.4, -0.2) is 140 Å². The van der Waals surface area contributed by atoms with Crippen LogP contribution in [0.3, 0.4) is 0 Å². The Morgan fingerprint density at radius 3 is 1.75 bits per heavy atom. The predicted molar refractivity (Wildman–Crippen MR) is 226 cm³/mol. The first-order valence-electron chi connectivity index (χ1n) is 22.7. The van der Waals surface area contributed by atoms with Crippen LogP contribution in [0.4, 0.5) is 0 Å². The Balaban J connectivity index is 1.91. The number of carbonyl (C=O) groups excluding carboxylic acids is 1. The maximum atomic E-state index is 13.1. The van der Waals surface area contributed by atoms with Crippen LogP contribution in [0, 0.1) is 0 Å². The lowest BCUT2D eigenvalue weighted by atomic mass is 9.97. The maximum Gasteiger partial charge on any atom is 0.220 e. The minimum Gasteiger partial charge on any atom is -0.394 e. The molecule has 2 fully saturated rings. The highest BCUT2D eigenvalue weighted by Gasteiger charge is 2.50. The molecule has 1 amide bonds. The van der Waals surface area contributed by atoms with Crippen molar-refractivity contribution in [2.75, 3.05) is 19.8 Å². The molecule has 2 aliphatic rings. The fourth-order valence-electron chi connectivity index (χ4n) is 7.25. The summed E-state index contributed by atoms with van der Waals surface area (Å²) in [6.45, 7) is 2.68. The molecule has 0 spiro atoms. The SMILES string of the molecule is CCCC/C=C\C/C=C\CCCCCCCC(=O)NC(COC1OC(CO)C(OC2OC(CO)C(O)C(O)C2O)C(O)C1O)C(O)/C=C/CCCCCCCCCCC. The summed E-state index contributed by atoms with van der Waals surface area (Å²) in [5.74, 6) is -0.258. The van der Waals surface area contributed by atoms with Gasteiger partial charge in [0.25, 0.3) is 0 Å². The second kappa shape index (κ2) is 32.9. The van der Waals surface area contributed by atoms with E-state index in [1.165, 1.54) is 57.8 Å². The second-order valence-corrected chi connectivity index (χ2v) is 16.2. The van der Waals surface area contributed by atoms with Gasteiger partial charge in [0.2, 0.25) is 5.91 Å². The number of hydrogen-bond donors (Lipinski definition) is 9. The van der Waals surface area contributed by atoms with E-state index >= 15 is 0 Å². The maximum absolute atomic E-state index is 13.1. The molecule has 2 heterocycles. The topological polar surface area (TPSA) is 228 Å². The predicted octanol–water partition coefficient (Wildman–Crippen LogP) is 4.37. The van der Waals surface area contributed by atoms with Crippen LogP contribution in [0.5, 0.6) is 0 Å². The van der Waals surface area contributed by atoms with Crippen molar-refractivity contribution in [3.63, 3.8) is 0 Å². The van der Waals surface area contributed by atoms with Crippen molar-refractivity contribution >= 4 is 5.91 Å². The lowest BCUT2D eigenvalue weighted by Gasteiger charge is -2.46. The number of ether oxygens (including phenoxy) is 4. The van der Waals surface area contributed by atoms with E-state index in [1.54, 1.807) is 6.08 Å². The summed E-state index contributed by atoms with van der Waals surface area (Å²) < 4.78 is 22.6. The molecule has 9 N–H and O–H groups in total. The summed E-state index contributed by atoms with van der Waals surface area (Å²) in [4.78, 5) is 13.1. The Bertz CT molecular complexity index is 1140. The monoisotopic (exact) mass is 844 g/mol. The zero-order chi connectivity index (χ0) is 43.3. The number of unbranched alkanes of at least 4 members (excludes halogenated alkanes) is 16. The first-order valence-corrected chi connectivity index (χ1v) is 22.7. The van der Waals surface area contributed by atoms with Crippen LogP contribution in [0.1, 0.15) is 149 Å². The summed E-state index contributed by atoms with van der Waals surface area (Å²) in [7, 11) is 0. The van der Waals surface area contributed by atoms with Gasteiger partial charge in [0.05, 0.1) is 32.0 Å². The number of rotatable bonds is 33. The number of allylic oxidation sites excluding steroid dienone is 5. The molecule has 2 rings (SSSR count). The summed E-state index contributed by atoms with van der Waals surface area (Å²) in [6, 6.07) is -0.918. The van der Waals surface area contributed by atoms with Gasteiger partial charge < -0.3 is 65.1 Å². The fourth-order valence-corrected chi connectivity index (χ4v) is 7.25. The molecule has 0 aromatic heterocycles. The van der Waals surface area contributed by atoms with Crippen LogP contribution in [0.15, 0.2) is 36.5 Å². The number of aliphatic hydroxyl groups excluding tert-OH is 8. The van der Waals surface area contributed by atoms with Gasteiger partial charge in [0.1, 0.15) is 48.8 Å². The van der Waals surface area contributed by atoms with E-state index in [0.717, 1.165) is 64.2 Å². The lowest BCUT2D eigenvalue weighted by Crippen LogP contribution is -2.65. The molecule has 0 bridgehead atoms. The van der Waals surface area contributed by atoms with E-state index in [0.29, 0.717) is 6.42 Å². The van der Waals surface area contributed by atoms with Crippen molar-refractivity contribution in [2.45, 2.75) is 222 Å². The van der Waals surface area contributed by atoms with Crippen molar-refractivity contribution in [1.82, 2.24) is 5.32 Å². The van der Waals surface area contributed by atoms with Gasteiger partial charge in [0.15, 0.2) is 12.6 Å². The Labute approximate surface area is 353 Å². The van der Waals surface area contributed by atoms with Gasteiger partial charge >= 0.3 is 0 Å². The smallest absolute Gasteiger partial charge is 0.220 e. The molecular weight excluding hydrogens is 762 g/mol. The molecule has 0 aromatic carbocycles. The molecule has 12 unspecified atom stereocenters. The molecule has 0 radical (unpaired) electrons. The molecule has 2 aliphatic heterocycles. The number of nitrogens with one attached hydrogen (secondary N) is 1. The van der Waals surface area contributed by atoms with Crippen molar-refractivity contribution in [2.24, 2.45) is 0 Å². The van der Waals surface area contributed by atoms with Crippen LogP contribution >= 0.6 is 0 Å². The molecule has 0 aromatic rings. The van der Waals surface area contributed by atoms with E-state index in [1.807, 2.05) is 6.08 Å². The number of carbonyl (C=O) groups is 1. The van der Waals surface area contributed by atoms with E-state index < -0.39 is 86.8 Å². The molecular formula is C45H81NO13. The normalized spacial score (nSPS) is 28.8. The van der Waals surface area contributed by atoms with Gasteiger partial charge in [-0.25, -0.2) is 0 Å². The Kier molecular flexibility index (Phi) is 29.7. The van der Waals surface area contributed by atoms with Crippen molar-refractivity contribution in [3.05, 3.63) is 36.5 Å². The number of amides is 1. The summed E-state index contributed by atoms with van der Waals surface area (Å²) in [6.07, 6.45) is 17.6. The lowest BCUT2D eigenvalue weighted by molar-refractivity contribution is -0.359. The second-order valence-electron chi connectivity index (χ2n) is 16.2. The summed E-state index contributed by atoms with van der Waals surface area (Å²) in [5.41, 5.74) is 0. The first-order chi connectivity index (χ1) is 28.6. The van der Waals surface area contributed by atoms with Gasteiger partial charge in [0, 0.05) is 6.42 Å². The highest BCUT2D eigenvalue weighted by Crippen LogP contribution is 2.30. The van der Waals surface area contributed by atoms with Crippen LogP contribution in [0.25, 0.3) is 0 Å². The van der Waals surface area contributed by atoms with Crippen LogP contribution in [-0.2, 0) is 23.7 Å². The number of aliphatic hydroxyl groups is 8. The van der Waals surface area contributed by atoms with Crippen molar-refractivity contribution < 1.29 is 64.6 Å². The largest absolute Gasteiger partial charge is 0.394 e. The molecule has 0 saturated carbocycles. The minimum atomic E-state index is -1.79. The number of hydrogen-bond acceptors (Lipinski definition) is 13. The van der Waals surface area contributed by atoms with E-state index in [2.05, 4.69) is 43.5 Å². The zero-order valence-corrected chi connectivity index (χ0v) is 36.0. The average molecular weight is 844 g/mol. The highest BCUT2D eigenvalue weighted by atomic mass is 16.7.